The van der Waals surface area contributed by atoms with E-state index in [-0.39, 0.29) is 6.04 Å². The molecule has 1 aliphatic carbocycles. The molecule has 0 aromatic rings. The molecule has 1 fully saturated rings. The van der Waals surface area contributed by atoms with Gasteiger partial charge in [-0.3, -0.25) is 0 Å². The molecule has 0 aromatic heterocycles. The topological polar surface area (TPSA) is 32.3 Å². The van der Waals surface area contributed by atoms with Crippen molar-refractivity contribution in [2.75, 3.05) is 6.54 Å². The van der Waals surface area contributed by atoms with E-state index in [1.807, 2.05) is 13.8 Å². The highest BCUT2D eigenvalue weighted by molar-refractivity contribution is 4.81. The van der Waals surface area contributed by atoms with Crippen molar-refractivity contribution in [3.8, 4) is 0 Å². The molecule has 0 saturated heterocycles. The van der Waals surface area contributed by atoms with Crippen molar-refractivity contribution >= 4 is 0 Å². The Balaban J connectivity index is 2.20. The Kier molecular flexibility index (Phi) is 5.26. The third-order valence-electron chi connectivity index (χ3n) is 4.32. The van der Waals surface area contributed by atoms with Gasteiger partial charge in [0, 0.05) is 6.04 Å². The third-order valence-corrected chi connectivity index (χ3v) is 4.32. The molecule has 2 nitrogen and oxygen atoms in total. The van der Waals surface area contributed by atoms with Crippen LogP contribution in [0.5, 0.6) is 0 Å². The number of nitrogens with one attached hydrogen (secondary N) is 1. The Morgan fingerprint density at radius 2 is 1.69 bits per heavy atom. The van der Waals surface area contributed by atoms with E-state index in [1.165, 1.54) is 32.1 Å². The third kappa shape index (κ3) is 4.42. The van der Waals surface area contributed by atoms with Crippen molar-refractivity contribution < 1.29 is 5.11 Å². The van der Waals surface area contributed by atoms with Gasteiger partial charge in [0.25, 0.3) is 0 Å². The summed E-state index contributed by atoms with van der Waals surface area (Å²) in [5.74, 6) is 1.80. The van der Waals surface area contributed by atoms with Gasteiger partial charge in [0.15, 0.2) is 0 Å². The van der Waals surface area contributed by atoms with E-state index in [2.05, 4.69) is 19.2 Å². The van der Waals surface area contributed by atoms with Crippen LogP contribution in [0.2, 0.25) is 0 Å². The van der Waals surface area contributed by atoms with E-state index in [0.717, 1.165) is 18.4 Å². The number of hydrogen-bond donors (Lipinski definition) is 2. The molecule has 0 aliphatic heterocycles. The fourth-order valence-electron chi connectivity index (χ4n) is 2.44. The highest BCUT2D eigenvalue weighted by atomic mass is 16.3. The van der Waals surface area contributed by atoms with Gasteiger partial charge in [0.1, 0.15) is 0 Å². The van der Waals surface area contributed by atoms with Crippen molar-refractivity contribution in [2.45, 2.75) is 71.4 Å². The van der Waals surface area contributed by atoms with E-state index in [9.17, 15) is 5.11 Å². The van der Waals surface area contributed by atoms with Crippen LogP contribution in [0, 0.1) is 11.8 Å². The average molecular weight is 227 g/mol. The van der Waals surface area contributed by atoms with Crippen LogP contribution in [0.4, 0.5) is 0 Å². The summed E-state index contributed by atoms with van der Waals surface area (Å²) < 4.78 is 0. The van der Waals surface area contributed by atoms with E-state index in [4.69, 9.17) is 0 Å². The van der Waals surface area contributed by atoms with Crippen molar-refractivity contribution in [2.24, 2.45) is 11.8 Å². The molecule has 96 valence electrons. The molecule has 0 spiro atoms. The van der Waals surface area contributed by atoms with Crippen LogP contribution < -0.4 is 5.32 Å². The second-order valence-corrected chi connectivity index (χ2v) is 6.08. The summed E-state index contributed by atoms with van der Waals surface area (Å²) in [5.41, 5.74) is -0.610. The smallest absolute Gasteiger partial charge is 0.0741 e. The lowest BCUT2D eigenvalue weighted by Crippen LogP contribution is -2.46. The van der Waals surface area contributed by atoms with Gasteiger partial charge < -0.3 is 10.4 Å². The summed E-state index contributed by atoms with van der Waals surface area (Å²) in [7, 11) is 0. The first-order valence-electron chi connectivity index (χ1n) is 6.89. The normalized spacial score (nSPS) is 29.1. The lowest BCUT2D eigenvalue weighted by Gasteiger charge is -2.32. The zero-order valence-corrected chi connectivity index (χ0v) is 11.4. The summed E-state index contributed by atoms with van der Waals surface area (Å²) in [6.45, 7) is 9.19. The van der Waals surface area contributed by atoms with E-state index < -0.39 is 5.60 Å². The maximum absolute atomic E-state index is 9.83. The first-order chi connectivity index (χ1) is 7.43. The molecule has 1 rings (SSSR count). The van der Waals surface area contributed by atoms with Crippen molar-refractivity contribution in [1.82, 2.24) is 5.32 Å². The van der Waals surface area contributed by atoms with Crippen LogP contribution in [0.15, 0.2) is 0 Å². The molecule has 2 heteroatoms. The molecule has 0 bridgehead atoms. The van der Waals surface area contributed by atoms with Crippen LogP contribution in [-0.2, 0) is 0 Å². The Morgan fingerprint density at radius 3 is 2.12 bits per heavy atom. The lowest BCUT2D eigenvalue weighted by atomic mass is 9.80. The largest absolute Gasteiger partial charge is 0.389 e. The molecule has 0 aromatic carbocycles. The lowest BCUT2D eigenvalue weighted by molar-refractivity contribution is 0.0418. The monoisotopic (exact) mass is 227 g/mol. The Hall–Kier alpha value is -0.0800. The van der Waals surface area contributed by atoms with E-state index in [1.54, 1.807) is 0 Å². The molecule has 1 atom stereocenters. The summed E-state index contributed by atoms with van der Waals surface area (Å²) in [4.78, 5) is 0. The number of rotatable bonds is 5. The molecular formula is C14H29NO. The van der Waals surface area contributed by atoms with Crippen LogP contribution in [0.25, 0.3) is 0 Å². The summed E-state index contributed by atoms with van der Waals surface area (Å²) in [6.07, 6.45) is 6.88. The molecule has 1 unspecified atom stereocenters. The molecule has 0 amide bonds. The highest BCUT2D eigenvalue weighted by Gasteiger charge is 2.24. The zero-order valence-electron chi connectivity index (χ0n) is 11.4. The Morgan fingerprint density at radius 1 is 1.19 bits per heavy atom. The van der Waals surface area contributed by atoms with E-state index >= 15 is 0 Å². The van der Waals surface area contributed by atoms with Gasteiger partial charge in [-0.2, -0.15) is 0 Å². The van der Waals surface area contributed by atoms with Crippen LogP contribution in [0.3, 0.4) is 0 Å². The van der Waals surface area contributed by atoms with Gasteiger partial charge >= 0.3 is 0 Å². The first-order valence-corrected chi connectivity index (χ1v) is 6.89. The van der Waals surface area contributed by atoms with Gasteiger partial charge in [-0.25, -0.2) is 0 Å². The molecular weight excluding hydrogens is 198 g/mol. The number of aliphatic hydroxyl groups is 1. The zero-order chi connectivity index (χ0) is 12.2. The summed E-state index contributed by atoms with van der Waals surface area (Å²) in [6, 6.07) is 0.177. The quantitative estimate of drug-likeness (QED) is 0.757. The van der Waals surface area contributed by atoms with Gasteiger partial charge in [0.05, 0.1) is 5.60 Å². The fraction of sp³-hybridized carbons (Fsp3) is 1.00. The second kappa shape index (κ2) is 6.02. The van der Waals surface area contributed by atoms with Crippen molar-refractivity contribution in [3.05, 3.63) is 0 Å². The summed E-state index contributed by atoms with van der Waals surface area (Å²) >= 11 is 0. The van der Waals surface area contributed by atoms with Crippen LogP contribution in [0.1, 0.15) is 59.8 Å². The van der Waals surface area contributed by atoms with Crippen molar-refractivity contribution in [1.29, 1.82) is 0 Å². The minimum atomic E-state index is -0.610. The predicted molar refractivity (Wildman–Crippen MR) is 69.5 cm³/mol. The Bertz CT molecular complexity index is 189. The molecule has 0 radical (unpaired) electrons. The second-order valence-electron chi connectivity index (χ2n) is 6.08. The molecule has 1 aliphatic rings. The maximum atomic E-state index is 9.83. The molecule has 2 N–H and O–H groups in total. The standard InChI is InChI=1S/C14H29NO/c1-5-12-6-8-13(9-7-12)10-15-11(2)14(3,4)16/h11-13,15-16H,5-10H2,1-4H3. The fourth-order valence-corrected chi connectivity index (χ4v) is 2.44. The highest BCUT2D eigenvalue weighted by Crippen LogP contribution is 2.30. The number of hydrogen-bond acceptors (Lipinski definition) is 2. The maximum Gasteiger partial charge on any atom is 0.0741 e. The van der Waals surface area contributed by atoms with Gasteiger partial charge in [0.2, 0.25) is 0 Å². The van der Waals surface area contributed by atoms with E-state index in [0.29, 0.717) is 0 Å². The van der Waals surface area contributed by atoms with Gasteiger partial charge in [-0.1, -0.05) is 26.2 Å². The molecule has 1 saturated carbocycles. The minimum absolute atomic E-state index is 0.177. The Labute approximate surface area is 101 Å². The van der Waals surface area contributed by atoms with Gasteiger partial charge in [-0.05, 0) is 52.0 Å². The van der Waals surface area contributed by atoms with Gasteiger partial charge in [-0.15, -0.1) is 0 Å². The van der Waals surface area contributed by atoms with Crippen LogP contribution >= 0.6 is 0 Å². The van der Waals surface area contributed by atoms with Crippen LogP contribution in [-0.4, -0.2) is 23.3 Å². The minimum Gasteiger partial charge on any atom is -0.389 e. The molecule has 0 heterocycles. The predicted octanol–water partition coefficient (Wildman–Crippen LogP) is 2.95. The SMILES string of the molecule is CCC1CCC(CNC(C)C(C)(C)O)CC1. The average Bonchev–Trinajstić information content (AvgIpc) is 2.25. The van der Waals surface area contributed by atoms with Crippen molar-refractivity contribution in [3.63, 3.8) is 0 Å². The first kappa shape index (κ1) is 14.0. The molecule has 16 heavy (non-hydrogen) atoms. The summed E-state index contributed by atoms with van der Waals surface area (Å²) in [5, 5.41) is 13.3.